The third kappa shape index (κ3) is 4.97. The molecular weight excluding hydrogens is 456 g/mol. The predicted octanol–water partition coefficient (Wildman–Crippen LogP) is 3.52. The van der Waals surface area contributed by atoms with E-state index in [1.54, 1.807) is 12.3 Å². The first-order valence-corrected chi connectivity index (χ1v) is 13.0. The smallest absolute Gasteiger partial charge is 0.270 e. The van der Waals surface area contributed by atoms with Crippen LogP contribution in [0.2, 0.25) is 0 Å². The number of sulfone groups is 1. The number of aliphatic hydroxyl groups is 1. The fourth-order valence-electron chi connectivity index (χ4n) is 4.03. The molecule has 0 saturated carbocycles. The van der Waals surface area contributed by atoms with Crippen molar-refractivity contribution >= 4 is 37.6 Å². The van der Waals surface area contributed by atoms with Gasteiger partial charge in [0.1, 0.15) is 29.1 Å². The Balaban J connectivity index is 1.78. The molecular formula is C24H28N4O5S. The van der Waals surface area contributed by atoms with Crippen LogP contribution in [0.15, 0.2) is 47.2 Å². The van der Waals surface area contributed by atoms with Crippen molar-refractivity contribution in [1.82, 2.24) is 20.1 Å². The SMILES string of the molecule is CCC(O)CC(C)(C)NC(=O)c1cc2c(cn1)c(-c1coc3ccccc13)nn2CS(C)(=O)=O. The molecule has 0 saturated heterocycles. The third-order valence-corrected chi connectivity index (χ3v) is 6.34. The van der Waals surface area contributed by atoms with E-state index in [0.717, 1.165) is 11.6 Å². The van der Waals surface area contributed by atoms with Crippen molar-refractivity contribution in [3.8, 4) is 11.3 Å². The van der Waals surface area contributed by atoms with E-state index in [9.17, 15) is 18.3 Å². The van der Waals surface area contributed by atoms with Gasteiger partial charge in [-0.15, -0.1) is 0 Å². The van der Waals surface area contributed by atoms with E-state index in [2.05, 4.69) is 15.4 Å². The number of para-hydroxylation sites is 1. The van der Waals surface area contributed by atoms with Crippen LogP contribution in [0.25, 0.3) is 33.1 Å². The minimum atomic E-state index is -3.42. The lowest BCUT2D eigenvalue weighted by molar-refractivity contribution is 0.0845. The van der Waals surface area contributed by atoms with Gasteiger partial charge in [0.25, 0.3) is 5.91 Å². The molecule has 4 rings (SSSR count). The van der Waals surface area contributed by atoms with E-state index < -0.39 is 27.4 Å². The number of furan rings is 1. The van der Waals surface area contributed by atoms with Gasteiger partial charge in [0.2, 0.25) is 0 Å². The number of pyridine rings is 1. The predicted molar refractivity (Wildman–Crippen MR) is 130 cm³/mol. The average molecular weight is 485 g/mol. The molecule has 1 atom stereocenters. The molecule has 1 aromatic carbocycles. The van der Waals surface area contributed by atoms with Crippen LogP contribution in [0.3, 0.4) is 0 Å². The van der Waals surface area contributed by atoms with E-state index in [1.807, 2.05) is 45.0 Å². The third-order valence-electron chi connectivity index (χ3n) is 5.63. The first kappa shape index (κ1) is 23.9. The van der Waals surface area contributed by atoms with Crippen LogP contribution in [-0.2, 0) is 15.7 Å². The Hall–Kier alpha value is -3.24. The summed E-state index contributed by atoms with van der Waals surface area (Å²) in [5, 5.41) is 18.9. The van der Waals surface area contributed by atoms with Crippen molar-refractivity contribution in [3.05, 3.63) is 48.5 Å². The van der Waals surface area contributed by atoms with E-state index in [4.69, 9.17) is 4.42 Å². The second-order valence-electron chi connectivity index (χ2n) is 9.24. The highest BCUT2D eigenvalue weighted by atomic mass is 32.2. The van der Waals surface area contributed by atoms with Gasteiger partial charge in [-0.1, -0.05) is 25.1 Å². The van der Waals surface area contributed by atoms with E-state index in [0.29, 0.717) is 40.6 Å². The number of amides is 1. The topological polar surface area (TPSA) is 127 Å². The number of aromatic nitrogens is 3. The molecule has 0 aliphatic heterocycles. The molecule has 0 radical (unpaired) electrons. The van der Waals surface area contributed by atoms with Crippen molar-refractivity contribution in [2.75, 3.05) is 6.26 Å². The zero-order chi connectivity index (χ0) is 24.7. The number of benzene rings is 1. The summed E-state index contributed by atoms with van der Waals surface area (Å²) in [5.74, 6) is -0.768. The molecule has 0 aliphatic rings. The van der Waals surface area contributed by atoms with Gasteiger partial charge in [0.15, 0.2) is 9.84 Å². The lowest BCUT2D eigenvalue weighted by Gasteiger charge is -2.28. The van der Waals surface area contributed by atoms with Gasteiger partial charge in [-0.05, 0) is 38.8 Å². The Bertz CT molecular complexity index is 1470. The number of aliphatic hydroxyl groups excluding tert-OH is 1. The number of hydrogen-bond acceptors (Lipinski definition) is 7. The summed E-state index contributed by atoms with van der Waals surface area (Å²) in [6.07, 6.45) is 4.68. The number of carbonyl (C=O) groups excluding carboxylic acids is 1. The quantitative estimate of drug-likeness (QED) is 0.392. The second kappa shape index (κ2) is 8.84. The summed E-state index contributed by atoms with van der Waals surface area (Å²) >= 11 is 0. The number of hydrogen-bond donors (Lipinski definition) is 2. The average Bonchev–Trinajstić information content (AvgIpc) is 3.33. The number of carbonyl (C=O) groups is 1. The van der Waals surface area contributed by atoms with Gasteiger partial charge in [-0.25, -0.2) is 13.1 Å². The molecule has 0 spiro atoms. The van der Waals surface area contributed by atoms with Gasteiger partial charge >= 0.3 is 0 Å². The maximum absolute atomic E-state index is 13.0. The van der Waals surface area contributed by atoms with Gasteiger partial charge in [0.05, 0.1) is 11.6 Å². The maximum atomic E-state index is 13.0. The maximum Gasteiger partial charge on any atom is 0.270 e. The monoisotopic (exact) mass is 484 g/mol. The minimum Gasteiger partial charge on any atom is -0.464 e. The minimum absolute atomic E-state index is 0.129. The fourth-order valence-corrected chi connectivity index (χ4v) is 4.67. The molecule has 0 bridgehead atoms. The summed E-state index contributed by atoms with van der Waals surface area (Å²) in [5.41, 5.74) is 1.86. The molecule has 9 nitrogen and oxygen atoms in total. The Morgan fingerprint density at radius 2 is 2.00 bits per heavy atom. The lowest BCUT2D eigenvalue weighted by atomic mass is 9.95. The van der Waals surface area contributed by atoms with Crippen LogP contribution < -0.4 is 5.32 Å². The highest BCUT2D eigenvalue weighted by Gasteiger charge is 2.26. The molecule has 0 fully saturated rings. The van der Waals surface area contributed by atoms with Crippen LogP contribution in [0.1, 0.15) is 44.1 Å². The molecule has 3 aromatic heterocycles. The van der Waals surface area contributed by atoms with Gasteiger partial charge in [0, 0.05) is 34.3 Å². The summed E-state index contributed by atoms with van der Waals surface area (Å²) in [6, 6.07) is 9.03. The van der Waals surface area contributed by atoms with Crippen molar-refractivity contribution in [2.24, 2.45) is 0 Å². The molecule has 34 heavy (non-hydrogen) atoms. The molecule has 0 aliphatic carbocycles. The summed E-state index contributed by atoms with van der Waals surface area (Å²) in [7, 11) is -3.42. The first-order chi connectivity index (χ1) is 16.0. The van der Waals surface area contributed by atoms with E-state index >= 15 is 0 Å². The first-order valence-electron chi connectivity index (χ1n) is 11.0. The Morgan fingerprint density at radius 1 is 1.26 bits per heavy atom. The number of rotatable bonds is 8. The zero-order valence-corrected chi connectivity index (χ0v) is 20.4. The molecule has 180 valence electrons. The zero-order valence-electron chi connectivity index (χ0n) is 19.6. The highest BCUT2D eigenvalue weighted by Crippen LogP contribution is 2.34. The molecule has 2 N–H and O–H groups in total. The fraction of sp³-hybridized carbons (Fsp3) is 0.375. The molecule has 4 aromatic rings. The standard InChI is InChI=1S/C24H28N4O5S/c1-5-15(29)11-24(2,3)26-23(30)19-10-20-17(12-25-19)22(27-28(20)14-34(4,31)32)18-13-33-21-9-7-6-8-16(18)21/h6-10,12-13,15,29H,5,11,14H2,1-4H3,(H,26,30). The largest absolute Gasteiger partial charge is 0.464 e. The van der Waals surface area contributed by atoms with Crippen LogP contribution >= 0.6 is 0 Å². The number of nitrogens with zero attached hydrogens (tertiary/aromatic N) is 3. The van der Waals surface area contributed by atoms with Crippen molar-refractivity contribution in [3.63, 3.8) is 0 Å². The highest BCUT2D eigenvalue weighted by molar-refractivity contribution is 7.89. The van der Waals surface area contributed by atoms with Gasteiger partial charge in [-0.3, -0.25) is 9.78 Å². The lowest BCUT2D eigenvalue weighted by Crippen LogP contribution is -2.45. The Labute approximate surface area is 197 Å². The summed E-state index contributed by atoms with van der Waals surface area (Å²) in [4.78, 5) is 17.3. The molecule has 10 heteroatoms. The van der Waals surface area contributed by atoms with Crippen LogP contribution in [0, 0.1) is 0 Å². The second-order valence-corrected chi connectivity index (χ2v) is 11.3. The summed E-state index contributed by atoms with van der Waals surface area (Å²) in [6.45, 7) is 5.54. The molecule has 3 heterocycles. The van der Waals surface area contributed by atoms with E-state index in [-0.39, 0.29) is 11.6 Å². The molecule has 1 amide bonds. The van der Waals surface area contributed by atoms with Crippen LogP contribution in [0.5, 0.6) is 0 Å². The van der Waals surface area contributed by atoms with E-state index in [1.165, 1.54) is 10.9 Å². The van der Waals surface area contributed by atoms with Crippen LogP contribution in [-0.4, -0.2) is 52.1 Å². The molecule has 1 unspecified atom stereocenters. The van der Waals surface area contributed by atoms with Crippen LogP contribution in [0.4, 0.5) is 0 Å². The number of nitrogens with one attached hydrogen (secondary N) is 1. The van der Waals surface area contributed by atoms with Crippen molar-refractivity contribution in [1.29, 1.82) is 0 Å². The van der Waals surface area contributed by atoms with Gasteiger partial charge < -0.3 is 14.8 Å². The van der Waals surface area contributed by atoms with Gasteiger partial charge in [-0.2, -0.15) is 5.10 Å². The number of fused-ring (bicyclic) bond motifs is 2. The van der Waals surface area contributed by atoms with Crippen molar-refractivity contribution < 1.29 is 22.7 Å². The normalized spacial score (nSPS) is 13.4. The van der Waals surface area contributed by atoms with Crippen molar-refractivity contribution in [2.45, 2.75) is 51.1 Å². The summed E-state index contributed by atoms with van der Waals surface area (Å²) < 4.78 is 31.2. The Kier molecular flexibility index (Phi) is 6.22. The Morgan fingerprint density at radius 3 is 2.71 bits per heavy atom.